The normalized spacial score (nSPS) is 11.4. The third kappa shape index (κ3) is 5.89. The second kappa shape index (κ2) is 7.95. The Hall–Kier alpha value is -2.10. The van der Waals surface area contributed by atoms with Gasteiger partial charge >= 0.3 is 6.09 Å². The van der Waals surface area contributed by atoms with Crippen molar-refractivity contribution in [1.82, 2.24) is 10.3 Å². The molecule has 0 spiro atoms. The lowest BCUT2D eigenvalue weighted by Gasteiger charge is -2.19. The van der Waals surface area contributed by atoms with Crippen LogP contribution in [0.5, 0.6) is 0 Å². The Balaban J connectivity index is 1.69. The van der Waals surface area contributed by atoms with Crippen LogP contribution >= 0.6 is 0 Å². The molecule has 4 nitrogen and oxygen atoms in total. The first-order valence-electron chi connectivity index (χ1n) is 8.25. The summed E-state index contributed by atoms with van der Waals surface area (Å²) in [4.78, 5) is 15.9. The van der Waals surface area contributed by atoms with E-state index < -0.39 is 5.60 Å². The molecular formula is C19H26N2O2. The molecule has 0 aliphatic heterocycles. The Labute approximate surface area is 138 Å². The number of hydrogen-bond acceptors (Lipinski definition) is 3. The maximum absolute atomic E-state index is 11.5. The van der Waals surface area contributed by atoms with Crippen molar-refractivity contribution < 1.29 is 9.53 Å². The number of alkyl carbamates (subject to hydrolysis) is 1. The number of rotatable bonds is 6. The van der Waals surface area contributed by atoms with Crippen LogP contribution in [0.2, 0.25) is 0 Å². The van der Waals surface area contributed by atoms with Crippen LogP contribution in [0.15, 0.2) is 36.5 Å². The molecule has 0 fully saturated rings. The molecule has 2 rings (SSSR count). The summed E-state index contributed by atoms with van der Waals surface area (Å²) in [7, 11) is 0. The fraction of sp³-hybridized carbons (Fsp3) is 0.474. The van der Waals surface area contributed by atoms with Gasteiger partial charge in [-0.1, -0.05) is 24.6 Å². The van der Waals surface area contributed by atoms with E-state index >= 15 is 0 Å². The summed E-state index contributed by atoms with van der Waals surface area (Å²) in [5.41, 5.74) is 1.96. The molecule has 0 aliphatic carbocycles. The van der Waals surface area contributed by atoms with E-state index in [9.17, 15) is 4.79 Å². The number of carbonyl (C=O) groups is 1. The summed E-state index contributed by atoms with van der Waals surface area (Å²) in [6.45, 7) is 6.26. The molecule has 1 heterocycles. The Morgan fingerprint density at radius 2 is 1.91 bits per heavy atom. The molecule has 4 heteroatoms. The van der Waals surface area contributed by atoms with Crippen LogP contribution in [-0.4, -0.2) is 23.2 Å². The topological polar surface area (TPSA) is 51.2 Å². The molecule has 23 heavy (non-hydrogen) atoms. The first-order valence-corrected chi connectivity index (χ1v) is 8.25. The summed E-state index contributed by atoms with van der Waals surface area (Å²) in [6.07, 6.45) is 5.72. The highest BCUT2D eigenvalue weighted by Crippen LogP contribution is 2.18. The maximum Gasteiger partial charge on any atom is 0.407 e. The number of unbranched alkanes of at least 4 members (excludes halogenated alkanes) is 2. The molecule has 0 radical (unpaired) electrons. The molecule has 1 N–H and O–H groups in total. The van der Waals surface area contributed by atoms with E-state index in [0.29, 0.717) is 6.54 Å². The van der Waals surface area contributed by atoms with Crippen LogP contribution in [0, 0.1) is 0 Å². The third-order valence-electron chi connectivity index (χ3n) is 3.53. The molecule has 1 aromatic carbocycles. The number of fused-ring (bicyclic) bond motifs is 1. The highest BCUT2D eigenvalue weighted by molar-refractivity contribution is 5.81. The predicted octanol–water partition coefficient (Wildman–Crippen LogP) is 4.47. The van der Waals surface area contributed by atoms with Crippen LogP contribution in [-0.2, 0) is 11.2 Å². The summed E-state index contributed by atoms with van der Waals surface area (Å²) in [5, 5.41) is 4.03. The number of para-hydroxylation sites is 1. The smallest absolute Gasteiger partial charge is 0.407 e. The molecule has 1 aromatic heterocycles. The van der Waals surface area contributed by atoms with Crippen molar-refractivity contribution in [1.29, 1.82) is 0 Å². The maximum atomic E-state index is 11.5. The number of amides is 1. The van der Waals surface area contributed by atoms with Crippen LogP contribution in [0.1, 0.15) is 45.6 Å². The number of aromatic nitrogens is 1. The standard InChI is InChI=1S/C19H26N2O2/c1-19(2,3)23-18(22)21-13-8-4-5-9-15-12-14-20-17-11-7-6-10-16(15)17/h6-7,10-12,14H,4-5,8-9,13H2,1-3H3,(H,21,22). The zero-order valence-electron chi connectivity index (χ0n) is 14.3. The number of aryl methyl sites for hydroxylation is 1. The van der Waals surface area contributed by atoms with Crippen LogP contribution in [0.25, 0.3) is 10.9 Å². The minimum atomic E-state index is -0.438. The lowest BCUT2D eigenvalue weighted by molar-refractivity contribution is 0.0527. The quantitative estimate of drug-likeness (QED) is 0.800. The molecule has 0 bridgehead atoms. The Morgan fingerprint density at radius 3 is 2.70 bits per heavy atom. The summed E-state index contributed by atoms with van der Waals surface area (Å²) < 4.78 is 5.20. The van der Waals surface area contributed by atoms with E-state index in [0.717, 1.165) is 31.2 Å². The van der Waals surface area contributed by atoms with E-state index in [-0.39, 0.29) is 6.09 Å². The van der Waals surface area contributed by atoms with Gasteiger partial charge in [-0.05, 0) is 57.7 Å². The Morgan fingerprint density at radius 1 is 1.13 bits per heavy atom. The molecule has 0 aliphatic rings. The number of ether oxygens (including phenoxy) is 1. The van der Waals surface area contributed by atoms with Crippen LogP contribution < -0.4 is 5.32 Å². The minimum absolute atomic E-state index is 0.336. The van der Waals surface area contributed by atoms with Crippen LogP contribution in [0.3, 0.4) is 0 Å². The van der Waals surface area contributed by atoms with Gasteiger partial charge in [0, 0.05) is 18.1 Å². The van der Waals surface area contributed by atoms with Crippen molar-refractivity contribution in [2.45, 2.75) is 52.1 Å². The predicted molar refractivity (Wildman–Crippen MR) is 93.5 cm³/mol. The van der Waals surface area contributed by atoms with E-state index in [1.54, 1.807) is 0 Å². The summed E-state index contributed by atoms with van der Waals surface area (Å²) in [5.74, 6) is 0. The van der Waals surface area contributed by atoms with Crippen molar-refractivity contribution in [3.63, 3.8) is 0 Å². The summed E-state index contributed by atoms with van der Waals surface area (Å²) >= 11 is 0. The van der Waals surface area contributed by atoms with Gasteiger partial charge in [0.1, 0.15) is 5.60 Å². The van der Waals surface area contributed by atoms with E-state index in [2.05, 4.69) is 28.5 Å². The molecule has 0 atom stereocenters. The minimum Gasteiger partial charge on any atom is -0.444 e. The lowest BCUT2D eigenvalue weighted by atomic mass is 10.0. The van der Waals surface area contributed by atoms with Crippen LogP contribution in [0.4, 0.5) is 4.79 Å². The van der Waals surface area contributed by atoms with Gasteiger partial charge in [-0.2, -0.15) is 0 Å². The largest absolute Gasteiger partial charge is 0.444 e. The average molecular weight is 314 g/mol. The first-order chi connectivity index (χ1) is 11.0. The Bertz CT molecular complexity index is 642. The highest BCUT2D eigenvalue weighted by atomic mass is 16.6. The fourth-order valence-corrected chi connectivity index (χ4v) is 2.49. The van der Waals surface area contributed by atoms with E-state index in [1.807, 2.05) is 39.1 Å². The second-order valence-corrected chi connectivity index (χ2v) is 6.73. The monoisotopic (exact) mass is 314 g/mol. The van der Waals surface area contributed by atoms with Gasteiger partial charge in [0.25, 0.3) is 0 Å². The molecule has 124 valence electrons. The second-order valence-electron chi connectivity index (χ2n) is 6.73. The van der Waals surface area contributed by atoms with E-state index in [1.165, 1.54) is 10.9 Å². The third-order valence-corrected chi connectivity index (χ3v) is 3.53. The fourth-order valence-electron chi connectivity index (χ4n) is 2.49. The van der Waals surface area contributed by atoms with Crippen molar-refractivity contribution >= 4 is 17.0 Å². The van der Waals surface area contributed by atoms with Gasteiger partial charge in [-0.3, -0.25) is 4.98 Å². The van der Waals surface area contributed by atoms with Gasteiger partial charge in [0.2, 0.25) is 0 Å². The molecule has 2 aromatic rings. The number of nitrogens with one attached hydrogen (secondary N) is 1. The number of pyridine rings is 1. The number of carbonyl (C=O) groups excluding carboxylic acids is 1. The number of benzene rings is 1. The van der Waals surface area contributed by atoms with Gasteiger partial charge < -0.3 is 10.1 Å². The van der Waals surface area contributed by atoms with E-state index in [4.69, 9.17) is 4.74 Å². The summed E-state index contributed by atoms with van der Waals surface area (Å²) in [6, 6.07) is 10.3. The SMILES string of the molecule is CC(C)(C)OC(=O)NCCCCCc1ccnc2ccccc12. The van der Waals surface area contributed by atoms with Crippen molar-refractivity contribution in [3.8, 4) is 0 Å². The molecule has 0 saturated carbocycles. The van der Waals surface area contributed by atoms with Crippen molar-refractivity contribution in [2.24, 2.45) is 0 Å². The number of nitrogens with zero attached hydrogens (tertiary/aromatic N) is 1. The van der Waals surface area contributed by atoms with Gasteiger partial charge in [-0.15, -0.1) is 0 Å². The molecule has 1 amide bonds. The van der Waals surface area contributed by atoms with Gasteiger partial charge in [0.15, 0.2) is 0 Å². The average Bonchev–Trinajstić information content (AvgIpc) is 2.49. The first kappa shape index (κ1) is 17.3. The molecule has 0 unspecified atom stereocenters. The Kier molecular flexibility index (Phi) is 5.97. The molecular weight excluding hydrogens is 288 g/mol. The van der Waals surface area contributed by atoms with Gasteiger partial charge in [-0.25, -0.2) is 4.79 Å². The molecule has 0 saturated heterocycles. The highest BCUT2D eigenvalue weighted by Gasteiger charge is 2.15. The lowest BCUT2D eigenvalue weighted by Crippen LogP contribution is -2.32. The zero-order chi connectivity index (χ0) is 16.7. The van der Waals surface area contributed by atoms with Crippen molar-refractivity contribution in [3.05, 3.63) is 42.1 Å². The van der Waals surface area contributed by atoms with Crippen molar-refractivity contribution in [2.75, 3.05) is 6.54 Å². The number of hydrogen-bond donors (Lipinski definition) is 1. The van der Waals surface area contributed by atoms with Gasteiger partial charge in [0.05, 0.1) is 5.52 Å². The zero-order valence-corrected chi connectivity index (χ0v) is 14.3.